The van der Waals surface area contributed by atoms with Crippen LogP contribution < -0.4 is 11.1 Å². The fourth-order valence-electron chi connectivity index (χ4n) is 3.00. The number of halogens is 1. The predicted molar refractivity (Wildman–Crippen MR) is 81.8 cm³/mol. The SMILES string of the molecule is CCC1CCCC(Nc2cc(C(=O)OC)c(N)cc2F)C1. The fourth-order valence-corrected chi connectivity index (χ4v) is 3.00. The Morgan fingerprint density at radius 3 is 2.90 bits per heavy atom. The number of nitrogens with one attached hydrogen (secondary N) is 1. The van der Waals surface area contributed by atoms with Gasteiger partial charge in [0.2, 0.25) is 0 Å². The second-order valence-electron chi connectivity index (χ2n) is 5.69. The lowest BCUT2D eigenvalue weighted by atomic mass is 9.84. The number of methoxy groups -OCH3 is 1. The van der Waals surface area contributed by atoms with Gasteiger partial charge >= 0.3 is 5.97 Å². The van der Waals surface area contributed by atoms with Crippen LogP contribution in [-0.2, 0) is 4.74 Å². The minimum atomic E-state index is -0.550. The van der Waals surface area contributed by atoms with E-state index in [-0.39, 0.29) is 17.3 Å². The van der Waals surface area contributed by atoms with E-state index in [1.54, 1.807) is 0 Å². The zero-order valence-electron chi connectivity index (χ0n) is 12.6. The first-order valence-corrected chi connectivity index (χ1v) is 7.49. The summed E-state index contributed by atoms with van der Waals surface area (Å²) in [4.78, 5) is 11.6. The Balaban J connectivity index is 2.17. The summed E-state index contributed by atoms with van der Waals surface area (Å²) in [5.41, 5.74) is 6.30. The van der Waals surface area contributed by atoms with E-state index in [1.165, 1.54) is 25.7 Å². The molecule has 0 aromatic heterocycles. The number of nitrogens with two attached hydrogens (primary N) is 1. The van der Waals surface area contributed by atoms with Crippen LogP contribution in [0.5, 0.6) is 0 Å². The number of carbonyl (C=O) groups excluding carboxylic acids is 1. The summed E-state index contributed by atoms with van der Waals surface area (Å²) in [6, 6.07) is 2.87. The molecular formula is C16H23FN2O2. The first kappa shape index (κ1) is 15.6. The molecule has 2 unspecified atom stereocenters. The molecule has 1 aliphatic rings. The summed E-state index contributed by atoms with van der Waals surface area (Å²) in [6.07, 6.45) is 5.60. The summed E-state index contributed by atoms with van der Waals surface area (Å²) in [5, 5.41) is 3.22. The standard InChI is InChI=1S/C16H23FN2O2/c1-3-10-5-4-6-11(7-10)19-15-8-12(16(20)21-2)14(18)9-13(15)17/h8-11,19H,3-7,18H2,1-2H3. The van der Waals surface area contributed by atoms with Crippen LogP contribution >= 0.6 is 0 Å². The molecule has 0 bridgehead atoms. The lowest BCUT2D eigenvalue weighted by molar-refractivity contribution is 0.0602. The molecule has 4 nitrogen and oxygen atoms in total. The van der Waals surface area contributed by atoms with Crippen molar-refractivity contribution >= 4 is 17.3 Å². The molecule has 3 N–H and O–H groups in total. The Bertz CT molecular complexity index is 519. The number of carbonyl (C=O) groups is 1. The second kappa shape index (κ2) is 6.78. The monoisotopic (exact) mass is 294 g/mol. The van der Waals surface area contributed by atoms with Gasteiger partial charge in [0.15, 0.2) is 0 Å². The van der Waals surface area contributed by atoms with Crippen LogP contribution in [0.2, 0.25) is 0 Å². The van der Waals surface area contributed by atoms with E-state index in [0.29, 0.717) is 11.6 Å². The number of rotatable bonds is 4. The van der Waals surface area contributed by atoms with Crippen LogP contribution in [0.4, 0.5) is 15.8 Å². The summed E-state index contributed by atoms with van der Waals surface area (Å²) in [7, 11) is 1.28. The van der Waals surface area contributed by atoms with Gasteiger partial charge < -0.3 is 15.8 Å². The van der Waals surface area contributed by atoms with Gasteiger partial charge in [-0.05, 0) is 30.9 Å². The van der Waals surface area contributed by atoms with Crippen molar-refractivity contribution in [3.63, 3.8) is 0 Å². The van der Waals surface area contributed by atoms with Crippen molar-refractivity contribution in [1.82, 2.24) is 0 Å². The summed E-state index contributed by atoms with van der Waals surface area (Å²) in [6.45, 7) is 2.19. The number of ether oxygens (including phenoxy) is 1. The molecule has 1 aromatic carbocycles. The van der Waals surface area contributed by atoms with E-state index in [2.05, 4.69) is 17.0 Å². The third kappa shape index (κ3) is 3.65. The lowest BCUT2D eigenvalue weighted by Crippen LogP contribution is -2.27. The van der Waals surface area contributed by atoms with Crippen LogP contribution in [0.3, 0.4) is 0 Å². The Morgan fingerprint density at radius 2 is 2.24 bits per heavy atom. The topological polar surface area (TPSA) is 64.3 Å². The number of hydrogen-bond donors (Lipinski definition) is 2. The van der Waals surface area contributed by atoms with Gasteiger partial charge in [-0.25, -0.2) is 9.18 Å². The molecule has 5 heteroatoms. The van der Waals surface area contributed by atoms with Crippen molar-refractivity contribution in [2.24, 2.45) is 5.92 Å². The first-order valence-electron chi connectivity index (χ1n) is 7.49. The van der Waals surface area contributed by atoms with Gasteiger partial charge in [-0.15, -0.1) is 0 Å². The highest BCUT2D eigenvalue weighted by Gasteiger charge is 2.22. The molecule has 2 rings (SSSR count). The quantitative estimate of drug-likeness (QED) is 0.658. The molecule has 0 amide bonds. The van der Waals surface area contributed by atoms with Crippen molar-refractivity contribution in [1.29, 1.82) is 0 Å². The zero-order chi connectivity index (χ0) is 15.4. The van der Waals surface area contributed by atoms with Gasteiger partial charge in [0.05, 0.1) is 18.4 Å². The van der Waals surface area contributed by atoms with Crippen molar-refractivity contribution < 1.29 is 13.9 Å². The highest BCUT2D eigenvalue weighted by molar-refractivity contribution is 5.96. The normalized spacial score (nSPS) is 21.9. The first-order chi connectivity index (χ1) is 10.0. The van der Waals surface area contributed by atoms with E-state index >= 15 is 0 Å². The van der Waals surface area contributed by atoms with Gasteiger partial charge in [0.1, 0.15) is 5.82 Å². The van der Waals surface area contributed by atoms with Gasteiger partial charge in [-0.3, -0.25) is 0 Å². The minimum absolute atomic E-state index is 0.0972. The molecule has 1 fully saturated rings. The van der Waals surface area contributed by atoms with Gasteiger partial charge in [-0.2, -0.15) is 0 Å². The molecule has 116 valence electrons. The lowest BCUT2D eigenvalue weighted by Gasteiger charge is -2.30. The van der Waals surface area contributed by atoms with Gasteiger partial charge in [0.25, 0.3) is 0 Å². The number of benzene rings is 1. The number of anilines is 2. The molecule has 1 saturated carbocycles. The number of hydrogen-bond acceptors (Lipinski definition) is 4. The average Bonchev–Trinajstić information content (AvgIpc) is 2.49. The van der Waals surface area contributed by atoms with Crippen LogP contribution in [0, 0.1) is 11.7 Å². The molecule has 0 aliphatic heterocycles. The average molecular weight is 294 g/mol. The van der Waals surface area contributed by atoms with Crippen LogP contribution in [-0.4, -0.2) is 19.1 Å². The fraction of sp³-hybridized carbons (Fsp3) is 0.562. The maximum Gasteiger partial charge on any atom is 0.340 e. The number of nitrogen functional groups attached to an aromatic ring is 1. The Morgan fingerprint density at radius 1 is 1.48 bits per heavy atom. The van der Waals surface area contributed by atoms with E-state index < -0.39 is 11.8 Å². The second-order valence-corrected chi connectivity index (χ2v) is 5.69. The van der Waals surface area contributed by atoms with Crippen LogP contribution in [0.15, 0.2) is 12.1 Å². The molecule has 0 spiro atoms. The molecule has 2 atom stereocenters. The Labute approximate surface area is 124 Å². The third-order valence-corrected chi connectivity index (χ3v) is 4.26. The molecule has 21 heavy (non-hydrogen) atoms. The Hall–Kier alpha value is -1.78. The Kier molecular flexibility index (Phi) is 5.04. The molecule has 0 radical (unpaired) electrons. The summed E-state index contributed by atoms with van der Waals surface area (Å²) < 4.78 is 18.7. The largest absolute Gasteiger partial charge is 0.465 e. The van der Waals surface area contributed by atoms with E-state index in [1.807, 2.05) is 0 Å². The zero-order valence-corrected chi connectivity index (χ0v) is 12.6. The van der Waals surface area contributed by atoms with E-state index in [9.17, 15) is 9.18 Å². The van der Waals surface area contributed by atoms with Gasteiger partial charge in [-0.1, -0.05) is 26.2 Å². The highest BCUT2D eigenvalue weighted by Crippen LogP contribution is 2.30. The summed E-state index contributed by atoms with van der Waals surface area (Å²) in [5.74, 6) is -0.294. The highest BCUT2D eigenvalue weighted by atomic mass is 19.1. The summed E-state index contributed by atoms with van der Waals surface area (Å²) >= 11 is 0. The van der Waals surface area contributed by atoms with Crippen molar-refractivity contribution in [2.45, 2.75) is 45.1 Å². The molecule has 0 heterocycles. The smallest absolute Gasteiger partial charge is 0.340 e. The van der Waals surface area contributed by atoms with Crippen molar-refractivity contribution in [3.8, 4) is 0 Å². The van der Waals surface area contributed by atoms with Crippen molar-refractivity contribution in [3.05, 3.63) is 23.5 Å². The maximum atomic E-state index is 14.0. The van der Waals surface area contributed by atoms with E-state index in [0.717, 1.165) is 25.7 Å². The van der Waals surface area contributed by atoms with Crippen LogP contribution in [0.1, 0.15) is 49.4 Å². The molecule has 0 saturated heterocycles. The predicted octanol–water partition coefficient (Wildman–Crippen LogP) is 3.58. The van der Waals surface area contributed by atoms with Crippen molar-refractivity contribution in [2.75, 3.05) is 18.2 Å². The van der Waals surface area contributed by atoms with Crippen LogP contribution in [0.25, 0.3) is 0 Å². The third-order valence-electron chi connectivity index (χ3n) is 4.26. The van der Waals surface area contributed by atoms with E-state index in [4.69, 9.17) is 5.73 Å². The number of esters is 1. The maximum absolute atomic E-state index is 14.0. The molecule has 1 aliphatic carbocycles. The minimum Gasteiger partial charge on any atom is -0.465 e. The molecular weight excluding hydrogens is 271 g/mol. The van der Waals surface area contributed by atoms with Gasteiger partial charge in [0, 0.05) is 11.7 Å². The molecule has 1 aromatic rings.